The van der Waals surface area contributed by atoms with Crippen LogP contribution >= 0.6 is 0 Å². The Balaban J connectivity index is 2.18. The Hall–Kier alpha value is -1.36. The Morgan fingerprint density at radius 2 is 1.91 bits per heavy atom. The average Bonchev–Trinajstić information content (AvgIpc) is 2.87. The number of rotatable bonds is 6. The lowest BCUT2D eigenvalue weighted by molar-refractivity contribution is 0.0694. The quantitative estimate of drug-likeness (QED) is 0.809. The predicted molar refractivity (Wildman–Crippen MR) is 88.8 cm³/mol. The molecule has 1 amide bonds. The monoisotopic (exact) mass is 323 g/mol. The van der Waals surface area contributed by atoms with Crippen LogP contribution in [0.3, 0.4) is 0 Å². The molecule has 0 aromatic heterocycles. The van der Waals surface area contributed by atoms with Crippen molar-refractivity contribution in [3.63, 3.8) is 0 Å². The smallest absolute Gasteiger partial charge is 0.254 e. The standard InChI is InChI=1S/C17H25NO3S/c1-3-5-11-18(16-10-12-22(20,21)13-16)17(19)15-8-6-14(4-2)7-9-15/h6-9,16H,3-5,10-13H2,1-2H3. The van der Waals surface area contributed by atoms with Gasteiger partial charge >= 0.3 is 0 Å². The summed E-state index contributed by atoms with van der Waals surface area (Å²) in [5.74, 6) is 0.260. The molecule has 2 rings (SSSR count). The van der Waals surface area contributed by atoms with Gasteiger partial charge in [0, 0.05) is 18.2 Å². The summed E-state index contributed by atoms with van der Waals surface area (Å²) in [4.78, 5) is 14.6. The first-order valence-corrected chi connectivity index (χ1v) is 9.89. The molecule has 1 aliphatic heterocycles. The molecule has 0 bridgehead atoms. The van der Waals surface area contributed by atoms with Crippen LogP contribution in [0, 0.1) is 0 Å². The predicted octanol–water partition coefficient (Wildman–Crippen LogP) is 2.68. The van der Waals surface area contributed by atoms with Crippen molar-refractivity contribution in [3.8, 4) is 0 Å². The number of sulfone groups is 1. The van der Waals surface area contributed by atoms with Crippen molar-refractivity contribution in [3.05, 3.63) is 35.4 Å². The highest BCUT2D eigenvalue weighted by molar-refractivity contribution is 7.91. The van der Waals surface area contributed by atoms with E-state index in [1.54, 1.807) is 4.90 Å². The lowest BCUT2D eigenvalue weighted by atomic mass is 10.1. The molecule has 0 N–H and O–H groups in total. The molecule has 1 unspecified atom stereocenters. The van der Waals surface area contributed by atoms with Crippen molar-refractivity contribution < 1.29 is 13.2 Å². The van der Waals surface area contributed by atoms with Crippen molar-refractivity contribution in [2.45, 2.75) is 45.6 Å². The van der Waals surface area contributed by atoms with Gasteiger partial charge in [-0.3, -0.25) is 4.79 Å². The van der Waals surface area contributed by atoms with E-state index in [4.69, 9.17) is 0 Å². The summed E-state index contributed by atoms with van der Waals surface area (Å²) in [7, 11) is -2.99. The lowest BCUT2D eigenvalue weighted by Gasteiger charge is -2.28. The summed E-state index contributed by atoms with van der Waals surface area (Å²) in [5, 5.41) is 0. The molecule has 1 saturated heterocycles. The second-order valence-electron chi connectivity index (χ2n) is 5.96. The third kappa shape index (κ3) is 4.09. The van der Waals surface area contributed by atoms with Crippen molar-refractivity contribution in [1.29, 1.82) is 0 Å². The fraction of sp³-hybridized carbons (Fsp3) is 0.588. The second kappa shape index (κ2) is 7.27. The van der Waals surface area contributed by atoms with E-state index in [9.17, 15) is 13.2 Å². The Bertz CT molecular complexity index is 607. The molecule has 0 radical (unpaired) electrons. The van der Waals surface area contributed by atoms with Crippen LogP contribution in [0.1, 0.15) is 49.0 Å². The molecule has 4 nitrogen and oxygen atoms in total. The van der Waals surface area contributed by atoms with Gasteiger partial charge in [0.05, 0.1) is 11.5 Å². The molecule has 1 atom stereocenters. The number of nitrogens with zero attached hydrogens (tertiary/aromatic N) is 1. The fourth-order valence-corrected chi connectivity index (χ4v) is 4.58. The van der Waals surface area contributed by atoms with Gasteiger partial charge in [0.15, 0.2) is 9.84 Å². The molecule has 1 fully saturated rings. The van der Waals surface area contributed by atoms with Crippen LogP contribution in [-0.2, 0) is 16.3 Å². The highest BCUT2D eigenvalue weighted by Gasteiger charge is 2.34. The number of hydrogen-bond donors (Lipinski definition) is 0. The lowest BCUT2D eigenvalue weighted by Crippen LogP contribution is -2.41. The van der Waals surface area contributed by atoms with Gasteiger partial charge in [-0.15, -0.1) is 0 Å². The first-order valence-electron chi connectivity index (χ1n) is 8.07. The SMILES string of the molecule is CCCCN(C(=O)c1ccc(CC)cc1)C1CCS(=O)(=O)C1. The Morgan fingerprint density at radius 1 is 1.23 bits per heavy atom. The fourth-order valence-electron chi connectivity index (χ4n) is 2.85. The van der Waals surface area contributed by atoms with Gasteiger partial charge in [-0.05, 0) is 37.0 Å². The minimum absolute atomic E-state index is 0.0433. The van der Waals surface area contributed by atoms with E-state index in [0.717, 1.165) is 19.3 Å². The first-order chi connectivity index (χ1) is 10.5. The second-order valence-corrected chi connectivity index (χ2v) is 8.19. The number of carbonyl (C=O) groups excluding carboxylic acids is 1. The minimum atomic E-state index is -2.99. The van der Waals surface area contributed by atoms with E-state index < -0.39 is 9.84 Å². The van der Waals surface area contributed by atoms with E-state index in [1.807, 2.05) is 24.3 Å². The van der Waals surface area contributed by atoms with Crippen molar-refractivity contribution in [2.24, 2.45) is 0 Å². The van der Waals surface area contributed by atoms with Crippen LogP contribution in [0.25, 0.3) is 0 Å². The highest BCUT2D eigenvalue weighted by atomic mass is 32.2. The molecule has 0 aliphatic carbocycles. The number of carbonyl (C=O) groups is 1. The van der Waals surface area contributed by atoms with Gasteiger partial charge in [0.25, 0.3) is 5.91 Å². The van der Waals surface area contributed by atoms with Crippen LogP contribution in [0.15, 0.2) is 24.3 Å². The van der Waals surface area contributed by atoms with E-state index in [-0.39, 0.29) is 23.5 Å². The zero-order valence-electron chi connectivity index (χ0n) is 13.4. The number of hydrogen-bond acceptors (Lipinski definition) is 3. The largest absolute Gasteiger partial charge is 0.335 e. The van der Waals surface area contributed by atoms with Crippen molar-refractivity contribution in [2.75, 3.05) is 18.1 Å². The molecule has 1 aliphatic rings. The van der Waals surface area contributed by atoms with Crippen molar-refractivity contribution in [1.82, 2.24) is 4.90 Å². The maximum absolute atomic E-state index is 12.8. The average molecular weight is 323 g/mol. The summed E-state index contributed by atoms with van der Waals surface area (Å²) >= 11 is 0. The van der Waals surface area contributed by atoms with Crippen LogP contribution in [0.4, 0.5) is 0 Å². The molecule has 5 heteroatoms. The van der Waals surface area contributed by atoms with Gasteiger partial charge in [0.1, 0.15) is 0 Å². The first kappa shape index (κ1) is 17.0. The van der Waals surface area contributed by atoms with Gasteiger partial charge < -0.3 is 4.90 Å². The topological polar surface area (TPSA) is 54.5 Å². The highest BCUT2D eigenvalue weighted by Crippen LogP contribution is 2.21. The third-order valence-corrected chi connectivity index (χ3v) is 6.02. The summed E-state index contributed by atoms with van der Waals surface area (Å²) in [5.41, 5.74) is 1.85. The zero-order valence-corrected chi connectivity index (χ0v) is 14.2. The maximum atomic E-state index is 12.8. The number of benzene rings is 1. The molecule has 122 valence electrons. The molecular weight excluding hydrogens is 298 g/mol. The van der Waals surface area contributed by atoms with Gasteiger partial charge in [0.2, 0.25) is 0 Å². The van der Waals surface area contributed by atoms with Gasteiger partial charge in [-0.2, -0.15) is 0 Å². The van der Waals surface area contributed by atoms with E-state index in [1.165, 1.54) is 5.56 Å². The molecule has 0 saturated carbocycles. The molecule has 22 heavy (non-hydrogen) atoms. The number of amides is 1. The normalized spacial score (nSPS) is 20.0. The third-order valence-electron chi connectivity index (χ3n) is 4.27. The van der Waals surface area contributed by atoms with Crippen LogP contribution in [-0.4, -0.2) is 43.3 Å². The Morgan fingerprint density at radius 3 is 2.41 bits per heavy atom. The summed E-state index contributed by atoms with van der Waals surface area (Å²) in [6.07, 6.45) is 3.38. The molecular formula is C17H25NO3S. The van der Waals surface area contributed by atoms with Crippen LogP contribution < -0.4 is 0 Å². The molecule has 1 aromatic carbocycles. The number of unbranched alkanes of at least 4 members (excludes halogenated alkanes) is 1. The van der Waals surface area contributed by atoms with Crippen LogP contribution in [0.2, 0.25) is 0 Å². The molecule has 1 aromatic rings. The van der Waals surface area contributed by atoms with Gasteiger partial charge in [-0.25, -0.2) is 8.42 Å². The van der Waals surface area contributed by atoms with Crippen molar-refractivity contribution >= 4 is 15.7 Å². The zero-order chi connectivity index (χ0) is 16.2. The van der Waals surface area contributed by atoms with E-state index >= 15 is 0 Å². The van der Waals surface area contributed by atoms with Gasteiger partial charge in [-0.1, -0.05) is 32.4 Å². The molecule has 1 heterocycles. The summed E-state index contributed by atoms with van der Waals surface area (Å²) in [6.45, 7) is 4.78. The number of aryl methyl sites for hydroxylation is 1. The van der Waals surface area contributed by atoms with E-state index in [2.05, 4.69) is 13.8 Å². The van der Waals surface area contributed by atoms with E-state index in [0.29, 0.717) is 18.5 Å². The summed E-state index contributed by atoms with van der Waals surface area (Å²) in [6, 6.07) is 7.47. The molecule has 0 spiro atoms. The Labute approximate surface area is 133 Å². The Kier molecular flexibility index (Phi) is 5.62. The van der Waals surface area contributed by atoms with Crippen LogP contribution in [0.5, 0.6) is 0 Å². The minimum Gasteiger partial charge on any atom is -0.335 e. The summed E-state index contributed by atoms with van der Waals surface area (Å²) < 4.78 is 23.4. The maximum Gasteiger partial charge on any atom is 0.254 e.